The van der Waals surface area contributed by atoms with Crippen LogP contribution in [0, 0.1) is 0 Å². The summed E-state index contributed by atoms with van der Waals surface area (Å²) in [7, 11) is 0. The zero-order valence-corrected chi connectivity index (χ0v) is 14.8. The summed E-state index contributed by atoms with van der Waals surface area (Å²) in [6.45, 7) is 12.6. The first-order valence-corrected chi connectivity index (χ1v) is 9.27. The van der Waals surface area contributed by atoms with Crippen molar-refractivity contribution in [2.45, 2.75) is 45.2 Å². The van der Waals surface area contributed by atoms with Crippen LogP contribution in [-0.2, 0) is 5.54 Å². The molecule has 1 heterocycles. The third kappa shape index (κ3) is 4.24. The van der Waals surface area contributed by atoms with Crippen LogP contribution in [0.25, 0.3) is 0 Å². The van der Waals surface area contributed by atoms with Gasteiger partial charge in [0, 0.05) is 18.6 Å². The van der Waals surface area contributed by atoms with Gasteiger partial charge in [-0.1, -0.05) is 37.3 Å². The molecule has 0 saturated carbocycles. The molecule has 1 saturated heterocycles. The SMILES string of the molecule is CCSCCCN1CC(C)(C)NCC1(C)c1ccccc1. The molecule has 118 valence electrons. The number of rotatable bonds is 6. The Kier molecular flexibility index (Phi) is 5.75. The molecular weight excluding hydrogens is 276 g/mol. The van der Waals surface area contributed by atoms with Crippen LogP contribution in [0.2, 0.25) is 0 Å². The van der Waals surface area contributed by atoms with Gasteiger partial charge in [0.15, 0.2) is 0 Å². The number of hydrogen-bond acceptors (Lipinski definition) is 3. The van der Waals surface area contributed by atoms with Crippen LogP contribution in [-0.4, -0.2) is 41.6 Å². The molecule has 21 heavy (non-hydrogen) atoms. The minimum absolute atomic E-state index is 0.105. The Bertz CT molecular complexity index is 432. The summed E-state index contributed by atoms with van der Waals surface area (Å²) in [5.41, 5.74) is 1.73. The van der Waals surface area contributed by atoms with Crippen molar-refractivity contribution < 1.29 is 0 Å². The van der Waals surface area contributed by atoms with Crippen LogP contribution in [0.1, 0.15) is 39.7 Å². The van der Waals surface area contributed by atoms with E-state index in [9.17, 15) is 0 Å². The van der Waals surface area contributed by atoms with Crippen LogP contribution >= 0.6 is 11.8 Å². The summed E-state index contributed by atoms with van der Waals surface area (Å²) in [4.78, 5) is 2.69. The Morgan fingerprint density at radius 3 is 2.57 bits per heavy atom. The van der Waals surface area contributed by atoms with E-state index in [1.54, 1.807) is 0 Å². The molecule has 2 rings (SSSR count). The molecule has 0 aliphatic carbocycles. The lowest BCUT2D eigenvalue weighted by Gasteiger charge is -2.51. The molecular formula is C18H30N2S. The Morgan fingerprint density at radius 1 is 1.19 bits per heavy atom. The molecule has 0 amide bonds. The zero-order chi connectivity index (χ0) is 15.3. The van der Waals surface area contributed by atoms with Crippen LogP contribution in [0.15, 0.2) is 30.3 Å². The van der Waals surface area contributed by atoms with E-state index in [1.165, 1.54) is 30.0 Å². The minimum Gasteiger partial charge on any atom is -0.308 e. The first kappa shape index (κ1) is 16.9. The highest BCUT2D eigenvalue weighted by atomic mass is 32.2. The van der Waals surface area contributed by atoms with Gasteiger partial charge in [0.2, 0.25) is 0 Å². The minimum atomic E-state index is 0.105. The van der Waals surface area contributed by atoms with E-state index in [0.717, 1.165) is 13.1 Å². The Hall–Kier alpha value is -0.510. The normalized spacial score (nSPS) is 25.9. The molecule has 1 unspecified atom stereocenters. The van der Waals surface area contributed by atoms with Gasteiger partial charge in [-0.05, 0) is 50.8 Å². The Labute approximate surface area is 134 Å². The molecule has 2 nitrogen and oxygen atoms in total. The average Bonchev–Trinajstić information content (AvgIpc) is 2.48. The standard InChI is InChI=1S/C18H30N2S/c1-5-21-13-9-12-20-15-17(2,3)19-14-18(20,4)16-10-7-6-8-11-16/h6-8,10-11,19H,5,9,12-15H2,1-4H3. The fourth-order valence-corrected chi connectivity index (χ4v) is 3.76. The molecule has 1 atom stereocenters. The highest BCUT2D eigenvalue weighted by molar-refractivity contribution is 7.99. The van der Waals surface area contributed by atoms with Crippen LogP contribution in [0.3, 0.4) is 0 Å². The Balaban J connectivity index is 2.12. The smallest absolute Gasteiger partial charge is 0.0558 e. The molecule has 1 N–H and O–H groups in total. The van der Waals surface area contributed by atoms with E-state index in [4.69, 9.17) is 0 Å². The fraction of sp³-hybridized carbons (Fsp3) is 0.667. The van der Waals surface area contributed by atoms with E-state index in [1.807, 2.05) is 0 Å². The van der Waals surface area contributed by atoms with Crippen molar-refractivity contribution in [3.05, 3.63) is 35.9 Å². The van der Waals surface area contributed by atoms with Gasteiger partial charge in [0.25, 0.3) is 0 Å². The molecule has 0 bridgehead atoms. The molecule has 0 aromatic heterocycles. The van der Waals surface area contributed by atoms with Crippen molar-refractivity contribution in [2.24, 2.45) is 0 Å². The molecule has 1 fully saturated rings. The number of piperazine rings is 1. The van der Waals surface area contributed by atoms with Gasteiger partial charge in [-0.15, -0.1) is 0 Å². The fourth-order valence-electron chi connectivity index (χ4n) is 3.14. The summed E-state index contributed by atoms with van der Waals surface area (Å²) in [5, 5.41) is 3.73. The summed E-state index contributed by atoms with van der Waals surface area (Å²) in [5.74, 6) is 2.49. The number of hydrogen-bond donors (Lipinski definition) is 1. The third-order valence-electron chi connectivity index (χ3n) is 4.51. The van der Waals surface area contributed by atoms with E-state index in [-0.39, 0.29) is 11.1 Å². The van der Waals surface area contributed by atoms with E-state index in [2.05, 4.69) is 80.0 Å². The van der Waals surface area contributed by atoms with Gasteiger partial charge in [-0.3, -0.25) is 4.90 Å². The monoisotopic (exact) mass is 306 g/mol. The van der Waals surface area contributed by atoms with Crippen molar-refractivity contribution in [3.8, 4) is 0 Å². The number of benzene rings is 1. The van der Waals surface area contributed by atoms with E-state index in [0.29, 0.717) is 0 Å². The van der Waals surface area contributed by atoms with Crippen molar-refractivity contribution >= 4 is 11.8 Å². The Morgan fingerprint density at radius 2 is 1.90 bits per heavy atom. The van der Waals surface area contributed by atoms with Gasteiger partial charge in [-0.25, -0.2) is 0 Å². The lowest BCUT2D eigenvalue weighted by molar-refractivity contribution is 0.0246. The van der Waals surface area contributed by atoms with Gasteiger partial charge < -0.3 is 5.32 Å². The second kappa shape index (κ2) is 7.17. The van der Waals surface area contributed by atoms with Gasteiger partial charge >= 0.3 is 0 Å². The van der Waals surface area contributed by atoms with Crippen molar-refractivity contribution in [1.29, 1.82) is 0 Å². The predicted molar refractivity (Wildman–Crippen MR) is 95.1 cm³/mol. The number of nitrogens with zero attached hydrogens (tertiary/aromatic N) is 1. The second-order valence-corrected chi connectivity index (χ2v) is 8.24. The molecule has 1 aromatic rings. The van der Waals surface area contributed by atoms with Crippen LogP contribution < -0.4 is 5.32 Å². The maximum Gasteiger partial charge on any atom is 0.0558 e. The van der Waals surface area contributed by atoms with Crippen molar-refractivity contribution in [3.63, 3.8) is 0 Å². The maximum absolute atomic E-state index is 3.73. The highest BCUT2D eigenvalue weighted by Gasteiger charge is 2.41. The van der Waals surface area contributed by atoms with Crippen molar-refractivity contribution in [1.82, 2.24) is 10.2 Å². The lowest BCUT2D eigenvalue weighted by atomic mass is 9.84. The van der Waals surface area contributed by atoms with Gasteiger partial charge in [0.1, 0.15) is 0 Å². The highest BCUT2D eigenvalue weighted by Crippen LogP contribution is 2.33. The summed E-state index contributed by atoms with van der Waals surface area (Å²) in [6.07, 6.45) is 1.27. The number of nitrogens with one attached hydrogen (secondary N) is 1. The molecule has 1 aliphatic heterocycles. The number of thioether (sulfide) groups is 1. The van der Waals surface area contributed by atoms with Crippen LogP contribution in [0.5, 0.6) is 0 Å². The first-order chi connectivity index (χ1) is 9.98. The first-order valence-electron chi connectivity index (χ1n) is 8.11. The average molecular weight is 307 g/mol. The maximum atomic E-state index is 3.73. The van der Waals surface area contributed by atoms with Crippen LogP contribution in [0.4, 0.5) is 0 Å². The zero-order valence-electron chi connectivity index (χ0n) is 14.0. The molecule has 0 radical (unpaired) electrons. The van der Waals surface area contributed by atoms with Crippen molar-refractivity contribution in [2.75, 3.05) is 31.1 Å². The molecule has 1 aliphatic rings. The van der Waals surface area contributed by atoms with Gasteiger partial charge in [0.05, 0.1) is 5.54 Å². The second-order valence-electron chi connectivity index (χ2n) is 6.85. The van der Waals surface area contributed by atoms with Gasteiger partial charge in [-0.2, -0.15) is 11.8 Å². The van der Waals surface area contributed by atoms with E-state index >= 15 is 0 Å². The molecule has 1 aromatic carbocycles. The molecule has 3 heteroatoms. The lowest BCUT2D eigenvalue weighted by Crippen LogP contribution is -2.65. The largest absolute Gasteiger partial charge is 0.308 e. The molecule has 0 spiro atoms. The summed E-state index contributed by atoms with van der Waals surface area (Å²) >= 11 is 2.05. The predicted octanol–water partition coefficient (Wildman–Crippen LogP) is 3.73. The topological polar surface area (TPSA) is 15.3 Å². The quantitative estimate of drug-likeness (QED) is 0.806. The summed E-state index contributed by atoms with van der Waals surface area (Å²) in [6, 6.07) is 11.0. The third-order valence-corrected chi connectivity index (χ3v) is 5.50. The van der Waals surface area contributed by atoms with E-state index < -0.39 is 0 Å². The summed E-state index contributed by atoms with van der Waals surface area (Å²) < 4.78 is 0.